The normalized spacial score (nSPS) is 11.8. The summed E-state index contributed by atoms with van der Waals surface area (Å²) in [5.74, 6) is -0.870. The molecule has 0 amide bonds. The van der Waals surface area contributed by atoms with Crippen LogP contribution in [0, 0.1) is 0 Å². The molecule has 0 aliphatic heterocycles. The van der Waals surface area contributed by atoms with Crippen LogP contribution in [0.25, 0.3) is 0 Å². The van der Waals surface area contributed by atoms with Crippen LogP contribution in [-0.4, -0.2) is 5.11 Å². The van der Waals surface area contributed by atoms with Gasteiger partial charge in [-0.2, -0.15) is 0 Å². The number of aliphatic hydroxyl groups is 1. The molecule has 1 N–H and O–H groups in total. The lowest BCUT2D eigenvalue weighted by molar-refractivity contribution is -0.348. The zero-order valence-electron chi connectivity index (χ0n) is 2.93. The van der Waals surface area contributed by atoms with Crippen LogP contribution in [0.15, 0.2) is 12.0 Å². The van der Waals surface area contributed by atoms with Crippen LogP contribution in [0.5, 0.6) is 0 Å². The molecule has 0 bridgehead atoms. The predicted octanol–water partition coefficient (Wildman–Crippen LogP) is -0.234. The summed E-state index contributed by atoms with van der Waals surface area (Å²) in [5.41, 5.74) is 0. The molecule has 0 saturated heterocycles. The maximum atomic E-state index is 9.31. The molecule has 0 heterocycles. The molecule has 0 unspecified atom stereocenters. The van der Waals surface area contributed by atoms with E-state index in [0.717, 1.165) is 6.08 Å². The molecule has 0 atom stereocenters. The molecule has 0 spiro atoms. The van der Waals surface area contributed by atoms with E-state index >= 15 is 0 Å². The van der Waals surface area contributed by atoms with E-state index in [0.29, 0.717) is 0 Å². The van der Waals surface area contributed by atoms with Gasteiger partial charge in [0.2, 0.25) is 0 Å². The van der Waals surface area contributed by atoms with Gasteiger partial charge in [-0.3, -0.25) is 0 Å². The van der Waals surface area contributed by atoms with E-state index in [1.807, 2.05) is 0 Å². The van der Waals surface area contributed by atoms with Gasteiger partial charge < -0.3 is 10.2 Å². The summed E-state index contributed by atoms with van der Waals surface area (Å²) in [4.78, 5) is 0. The summed E-state index contributed by atoms with van der Waals surface area (Å²) in [5, 5.41) is 17.0. The maximum absolute atomic E-state index is 9.31. The number of allylic oxidation sites excluding steroid dienone is 1. The van der Waals surface area contributed by atoms with E-state index in [1.165, 1.54) is 6.92 Å². The van der Waals surface area contributed by atoms with Crippen molar-refractivity contribution in [3.05, 3.63) is 12.0 Å². The fraction of sp³-hybridized carbons (Fsp3) is 0.333. The third kappa shape index (κ3) is 3.34. The van der Waals surface area contributed by atoms with Gasteiger partial charge in [-0.1, -0.05) is 6.08 Å². The minimum Gasteiger partial charge on any atom is -0.629 e. The minimum atomic E-state index is -0.870. The molecular weight excluding hydrogens is 68.0 g/mol. The van der Waals surface area contributed by atoms with Crippen molar-refractivity contribution in [2.75, 3.05) is 0 Å². The Morgan fingerprint density at radius 3 is 2.20 bits per heavy atom. The summed E-state index contributed by atoms with van der Waals surface area (Å²) in [6.07, 6.45) is 1.08. The molecule has 0 aliphatic rings. The van der Waals surface area contributed by atoms with Crippen molar-refractivity contribution >= 4 is 0 Å². The molecule has 2 nitrogen and oxygen atoms in total. The van der Waals surface area contributed by atoms with Gasteiger partial charge >= 0.3 is 0 Å². The lowest BCUT2D eigenvalue weighted by Gasteiger charge is -1.89. The van der Waals surface area contributed by atoms with E-state index in [2.05, 4.69) is 0 Å². The topological polar surface area (TPSA) is 43.3 Å². The Morgan fingerprint density at radius 1 is 2.00 bits per heavy atom. The Labute approximate surface area is 30.4 Å². The molecule has 0 aromatic carbocycles. The molecule has 2 heteroatoms. The fourth-order valence-electron chi connectivity index (χ4n) is 0. The van der Waals surface area contributed by atoms with E-state index in [-0.39, 0.29) is 0 Å². The standard InChI is InChI=1S/C3H6O2/c1-2-3(4)5/h2,4-5H,1H3/p-1. The second kappa shape index (κ2) is 1.64. The molecule has 0 aromatic rings. The quantitative estimate of drug-likeness (QED) is 0.402. The van der Waals surface area contributed by atoms with E-state index < -0.39 is 5.95 Å². The van der Waals surface area contributed by atoms with Crippen LogP contribution in [0.1, 0.15) is 6.92 Å². The van der Waals surface area contributed by atoms with Gasteiger partial charge in [0, 0.05) is 5.95 Å². The third-order valence-electron chi connectivity index (χ3n) is 0.247. The van der Waals surface area contributed by atoms with Crippen LogP contribution in [0.2, 0.25) is 0 Å². The van der Waals surface area contributed by atoms with Gasteiger partial charge in [0.15, 0.2) is 0 Å². The average molecular weight is 73.1 g/mol. The van der Waals surface area contributed by atoms with E-state index in [9.17, 15) is 5.11 Å². The highest BCUT2D eigenvalue weighted by Gasteiger charge is 1.52. The molecule has 0 aliphatic carbocycles. The SMILES string of the molecule is C/C=C(\[O-])O. The second-order valence-corrected chi connectivity index (χ2v) is 0.627. The zero-order valence-corrected chi connectivity index (χ0v) is 2.93. The number of hydrogen-bond acceptors (Lipinski definition) is 2. The average Bonchev–Trinajstić information content (AvgIpc) is 1.38. The lowest BCUT2D eigenvalue weighted by atomic mass is 10.7. The Bertz CT molecular complexity index is 42.9. The van der Waals surface area contributed by atoms with Crippen molar-refractivity contribution in [2.45, 2.75) is 6.92 Å². The molecule has 0 rings (SSSR count). The van der Waals surface area contributed by atoms with Gasteiger partial charge in [-0.15, -0.1) is 0 Å². The summed E-state index contributed by atoms with van der Waals surface area (Å²) in [6.45, 7) is 1.47. The van der Waals surface area contributed by atoms with Crippen molar-refractivity contribution in [1.29, 1.82) is 0 Å². The van der Waals surface area contributed by atoms with Crippen molar-refractivity contribution in [1.82, 2.24) is 0 Å². The van der Waals surface area contributed by atoms with E-state index in [1.54, 1.807) is 0 Å². The first-order chi connectivity index (χ1) is 2.27. The summed E-state index contributed by atoms with van der Waals surface area (Å²) in [7, 11) is 0. The van der Waals surface area contributed by atoms with Crippen LogP contribution < -0.4 is 5.11 Å². The van der Waals surface area contributed by atoms with Crippen molar-refractivity contribution in [3.8, 4) is 0 Å². The van der Waals surface area contributed by atoms with Crippen LogP contribution in [-0.2, 0) is 0 Å². The Morgan fingerprint density at radius 2 is 2.20 bits per heavy atom. The molecule has 5 heavy (non-hydrogen) atoms. The Kier molecular flexibility index (Phi) is 1.42. The highest BCUT2D eigenvalue weighted by Crippen LogP contribution is 1.64. The van der Waals surface area contributed by atoms with Gasteiger partial charge in [-0.25, -0.2) is 0 Å². The molecule has 0 aromatic heterocycles. The first kappa shape index (κ1) is 4.34. The molecular formula is C3H5O2-. The van der Waals surface area contributed by atoms with Crippen LogP contribution in [0.4, 0.5) is 0 Å². The van der Waals surface area contributed by atoms with Crippen molar-refractivity contribution in [2.24, 2.45) is 0 Å². The van der Waals surface area contributed by atoms with Gasteiger partial charge in [0.25, 0.3) is 0 Å². The number of rotatable bonds is 0. The number of aliphatic hydroxyl groups excluding tert-OH is 1. The summed E-state index contributed by atoms with van der Waals surface area (Å²) in [6, 6.07) is 0. The highest BCUT2D eigenvalue weighted by atomic mass is 16.5. The first-order valence-corrected chi connectivity index (χ1v) is 1.29. The third-order valence-corrected chi connectivity index (χ3v) is 0.247. The zero-order chi connectivity index (χ0) is 4.28. The largest absolute Gasteiger partial charge is 0.629 e. The molecule has 30 valence electrons. The van der Waals surface area contributed by atoms with Crippen LogP contribution in [0.3, 0.4) is 0 Å². The smallest absolute Gasteiger partial charge is 0.0438 e. The van der Waals surface area contributed by atoms with Crippen molar-refractivity contribution in [3.63, 3.8) is 0 Å². The summed E-state index contributed by atoms with van der Waals surface area (Å²) >= 11 is 0. The monoisotopic (exact) mass is 73.0 g/mol. The Balaban J connectivity index is 3.14. The minimum absolute atomic E-state index is 0.870. The van der Waals surface area contributed by atoms with Gasteiger partial charge in [0.05, 0.1) is 0 Å². The Hall–Kier alpha value is -0.660. The van der Waals surface area contributed by atoms with E-state index in [4.69, 9.17) is 5.11 Å². The molecule has 0 radical (unpaired) electrons. The maximum Gasteiger partial charge on any atom is 0.0438 e. The molecule has 0 fully saturated rings. The fourth-order valence-corrected chi connectivity index (χ4v) is 0. The second-order valence-electron chi connectivity index (χ2n) is 0.627. The van der Waals surface area contributed by atoms with Crippen LogP contribution >= 0.6 is 0 Å². The molecule has 0 saturated carbocycles. The predicted molar refractivity (Wildman–Crippen MR) is 16.4 cm³/mol. The highest BCUT2D eigenvalue weighted by molar-refractivity contribution is 4.69. The lowest BCUT2D eigenvalue weighted by Crippen LogP contribution is -1.99. The summed E-state index contributed by atoms with van der Waals surface area (Å²) < 4.78 is 0. The van der Waals surface area contributed by atoms with Crippen molar-refractivity contribution < 1.29 is 10.2 Å². The first-order valence-electron chi connectivity index (χ1n) is 1.29. The number of hydrogen-bond donors (Lipinski definition) is 1. The van der Waals surface area contributed by atoms with Gasteiger partial charge in [-0.05, 0) is 6.92 Å². The van der Waals surface area contributed by atoms with Gasteiger partial charge in [0.1, 0.15) is 0 Å².